The number of hydrogen-bond acceptors (Lipinski definition) is 7. The predicted octanol–water partition coefficient (Wildman–Crippen LogP) is 1.06. The molecule has 4 aliphatic rings. The Labute approximate surface area is 172 Å². The number of hydrogen-bond donors (Lipinski definition) is 2. The Morgan fingerprint density at radius 3 is 3.10 bits per heavy atom. The van der Waals surface area contributed by atoms with Gasteiger partial charge in [-0.2, -0.15) is 5.10 Å². The number of carbonyl (C=O) groups is 1. The first-order valence-electron chi connectivity index (χ1n) is 10.1. The van der Waals surface area contributed by atoms with Gasteiger partial charge in [0.25, 0.3) is 0 Å². The number of nitrogens with one attached hydrogen (secondary N) is 1. The number of nitrogens with two attached hydrogens (primary N) is 1. The van der Waals surface area contributed by atoms with E-state index in [2.05, 4.69) is 20.3 Å². The van der Waals surface area contributed by atoms with Crippen LogP contribution in [-0.2, 0) is 9.53 Å². The van der Waals surface area contributed by atoms with Gasteiger partial charge in [0, 0.05) is 30.1 Å². The highest BCUT2D eigenvalue weighted by atomic mass is 16.5. The zero-order valence-electron chi connectivity index (χ0n) is 16.3. The fourth-order valence-corrected chi connectivity index (χ4v) is 4.41. The fraction of sp³-hybridized carbons (Fsp3) is 0.333. The maximum absolute atomic E-state index is 12.0. The molecule has 1 aliphatic carbocycles. The van der Waals surface area contributed by atoms with Crippen LogP contribution in [0.2, 0.25) is 0 Å². The lowest BCUT2D eigenvalue weighted by atomic mass is 10.0. The molecule has 6 rings (SSSR count). The number of primary amides is 1. The van der Waals surface area contributed by atoms with Gasteiger partial charge < -0.3 is 20.7 Å². The average molecular weight is 403 g/mol. The van der Waals surface area contributed by atoms with Gasteiger partial charge in [0.1, 0.15) is 31.1 Å². The summed E-state index contributed by atoms with van der Waals surface area (Å²) in [6, 6.07) is 3.59. The van der Waals surface area contributed by atoms with E-state index in [9.17, 15) is 4.79 Å². The second-order valence-corrected chi connectivity index (χ2v) is 8.03. The monoisotopic (exact) mass is 403 g/mol. The van der Waals surface area contributed by atoms with Crippen molar-refractivity contribution < 1.29 is 9.53 Å². The van der Waals surface area contributed by atoms with E-state index in [-0.39, 0.29) is 11.8 Å². The van der Waals surface area contributed by atoms with E-state index >= 15 is 0 Å². The van der Waals surface area contributed by atoms with Gasteiger partial charge in [-0.3, -0.25) is 4.79 Å². The lowest BCUT2D eigenvalue weighted by Crippen LogP contribution is -2.43. The van der Waals surface area contributed by atoms with Crippen LogP contribution >= 0.6 is 0 Å². The zero-order chi connectivity index (χ0) is 20.2. The highest BCUT2D eigenvalue weighted by Crippen LogP contribution is 2.39. The molecule has 3 aliphatic heterocycles. The van der Waals surface area contributed by atoms with Crippen LogP contribution in [0, 0.1) is 5.92 Å². The number of aromatic nitrogens is 3. The normalized spacial score (nSPS) is 21.3. The minimum absolute atomic E-state index is 0.290. The molecule has 1 saturated carbocycles. The maximum Gasteiger partial charge on any atom is 0.240 e. The molecule has 1 atom stereocenters. The molecule has 0 aromatic carbocycles. The summed E-state index contributed by atoms with van der Waals surface area (Å²) < 4.78 is 7.55. The summed E-state index contributed by atoms with van der Waals surface area (Å²) in [5.74, 6) is 0.837. The third-order valence-corrected chi connectivity index (χ3v) is 6.07. The third kappa shape index (κ3) is 2.69. The maximum atomic E-state index is 12.0. The van der Waals surface area contributed by atoms with E-state index in [1.165, 1.54) is 11.9 Å². The molecule has 30 heavy (non-hydrogen) atoms. The molecule has 5 heterocycles. The Morgan fingerprint density at radius 1 is 1.37 bits per heavy atom. The van der Waals surface area contributed by atoms with Gasteiger partial charge >= 0.3 is 0 Å². The van der Waals surface area contributed by atoms with E-state index < -0.39 is 6.04 Å². The molecule has 2 aromatic rings. The van der Waals surface area contributed by atoms with Crippen LogP contribution in [0.4, 0.5) is 0 Å². The van der Waals surface area contributed by atoms with Crippen LogP contribution in [0.15, 0.2) is 64.7 Å². The van der Waals surface area contributed by atoms with Crippen LogP contribution in [0.25, 0.3) is 5.65 Å². The first-order valence-corrected chi connectivity index (χ1v) is 10.1. The van der Waals surface area contributed by atoms with E-state index in [1.54, 1.807) is 10.8 Å². The summed E-state index contributed by atoms with van der Waals surface area (Å²) in [6.07, 6.45) is 9.92. The topological polar surface area (TPSA) is 110 Å². The first kappa shape index (κ1) is 17.3. The number of ether oxygens (including phenoxy) is 1. The summed E-state index contributed by atoms with van der Waals surface area (Å²) in [5, 5.41) is 7.50. The van der Waals surface area contributed by atoms with E-state index in [1.807, 2.05) is 24.5 Å². The molecule has 1 amide bonds. The predicted molar refractivity (Wildman–Crippen MR) is 109 cm³/mol. The fourth-order valence-electron chi connectivity index (χ4n) is 4.41. The van der Waals surface area contributed by atoms with Crippen LogP contribution in [0.1, 0.15) is 24.8 Å². The molecular formula is C21H21N7O2. The van der Waals surface area contributed by atoms with Crippen molar-refractivity contribution in [2.45, 2.75) is 25.3 Å². The Hall–Kier alpha value is -3.62. The molecule has 2 aromatic heterocycles. The smallest absolute Gasteiger partial charge is 0.240 e. The third-order valence-electron chi connectivity index (χ3n) is 6.07. The number of rotatable bonds is 5. The lowest BCUT2D eigenvalue weighted by Gasteiger charge is -2.30. The highest BCUT2D eigenvalue weighted by Gasteiger charge is 2.39. The Bertz CT molecular complexity index is 1180. The number of carbonyl (C=O) groups excluding carboxylic acids is 1. The summed E-state index contributed by atoms with van der Waals surface area (Å²) in [5.41, 5.74) is 11.5. The van der Waals surface area contributed by atoms with Crippen LogP contribution < -0.4 is 11.1 Å². The van der Waals surface area contributed by atoms with E-state index in [4.69, 9.17) is 15.5 Å². The van der Waals surface area contributed by atoms with E-state index in [0.29, 0.717) is 6.61 Å². The van der Waals surface area contributed by atoms with Crippen molar-refractivity contribution >= 4 is 17.4 Å². The van der Waals surface area contributed by atoms with Crippen LogP contribution in [-0.4, -0.2) is 50.4 Å². The van der Waals surface area contributed by atoms with Gasteiger partial charge in [-0.05, 0) is 42.9 Å². The lowest BCUT2D eigenvalue weighted by molar-refractivity contribution is -0.120. The van der Waals surface area contributed by atoms with Gasteiger partial charge in [0.15, 0.2) is 5.65 Å². The van der Waals surface area contributed by atoms with Crippen LogP contribution in [0.5, 0.6) is 0 Å². The number of amides is 1. The molecule has 0 spiro atoms. The molecule has 9 heteroatoms. The van der Waals surface area contributed by atoms with Crippen molar-refractivity contribution in [3.8, 4) is 0 Å². The quantitative estimate of drug-likeness (QED) is 0.772. The minimum Gasteiger partial charge on any atom is -0.495 e. The van der Waals surface area contributed by atoms with E-state index in [0.717, 1.165) is 59.8 Å². The first-order chi connectivity index (χ1) is 14.7. The van der Waals surface area contributed by atoms with Gasteiger partial charge in [-0.1, -0.05) is 0 Å². The largest absolute Gasteiger partial charge is 0.495 e. The SMILES string of the molecule is NC(=O)C(NC1=COCC2=C3C1=CN=C(c1ccn4ncnc4c1)N3CC2)C1CC1. The zero-order valence-corrected chi connectivity index (χ0v) is 16.3. The Balaban J connectivity index is 1.40. The van der Waals surface area contributed by atoms with Crippen molar-refractivity contribution in [1.82, 2.24) is 24.8 Å². The van der Waals surface area contributed by atoms with Gasteiger partial charge in [0.05, 0.1) is 11.4 Å². The number of fused-ring (bicyclic) bond motifs is 1. The second kappa shape index (κ2) is 6.45. The minimum atomic E-state index is -0.390. The number of nitrogens with zero attached hydrogens (tertiary/aromatic N) is 5. The molecule has 1 unspecified atom stereocenters. The number of amidine groups is 1. The van der Waals surface area contributed by atoms with Crippen molar-refractivity contribution in [1.29, 1.82) is 0 Å². The molecular weight excluding hydrogens is 382 g/mol. The van der Waals surface area contributed by atoms with Crippen molar-refractivity contribution in [3.63, 3.8) is 0 Å². The molecule has 3 N–H and O–H groups in total. The van der Waals surface area contributed by atoms with Crippen molar-refractivity contribution in [2.24, 2.45) is 16.6 Å². The van der Waals surface area contributed by atoms with Crippen LogP contribution in [0.3, 0.4) is 0 Å². The molecule has 0 bridgehead atoms. The molecule has 9 nitrogen and oxygen atoms in total. The Kier molecular flexibility index (Phi) is 3.71. The molecule has 1 fully saturated rings. The number of pyridine rings is 1. The summed E-state index contributed by atoms with van der Waals surface area (Å²) >= 11 is 0. The van der Waals surface area contributed by atoms with Crippen molar-refractivity contribution in [2.75, 3.05) is 13.2 Å². The van der Waals surface area contributed by atoms with Gasteiger partial charge in [0.2, 0.25) is 5.91 Å². The standard InChI is InChI=1S/C21H21N7O2/c22-20(29)18(12-1-2-12)26-16-10-30-9-14-3-5-27-19(14)15(16)8-23-21(27)13-4-6-28-17(7-13)24-11-25-28/h4,6-8,10-12,18,26H,1-3,5,9H2,(H2,22,29). The van der Waals surface area contributed by atoms with Crippen molar-refractivity contribution in [3.05, 3.63) is 65.2 Å². The summed E-state index contributed by atoms with van der Waals surface area (Å²) in [6.45, 7) is 1.35. The second-order valence-electron chi connectivity index (χ2n) is 8.03. The highest BCUT2D eigenvalue weighted by molar-refractivity contribution is 6.02. The molecule has 152 valence electrons. The number of aliphatic imine (C=N–C) groups is 1. The average Bonchev–Trinajstić information content (AvgIpc) is 3.36. The van der Waals surface area contributed by atoms with Gasteiger partial charge in [-0.25, -0.2) is 14.5 Å². The van der Waals surface area contributed by atoms with Gasteiger partial charge in [-0.15, -0.1) is 0 Å². The molecule has 0 saturated heterocycles. The molecule has 0 radical (unpaired) electrons. The summed E-state index contributed by atoms with van der Waals surface area (Å²) in [7, 11) is 0. The Morgan fingerprint density at radius 2 is 2.27 bits per heavy atom. The summed E-state index contributed by atoms with van der Waals surface area (Å²) in [4.78, 5) is 23.3.